The lowest BCUT2D eigenvalue weighted by Gasteiger charge is -2.37. The highest BCUT2D eigenvalue weighted by atomic mass is 32.1. The van der Waals surface area contributed by atoms with Crippen molar-refractivity contribution in [3.8, 4) is 27.6 Å². The van der Waals surface area contributed by atoms with Gasteiger partial charge in [-0.3, -0.25) is 9.78 Å². The van der Waals surface area contributed by atoms with E-state index in [-0.39, 0.29) is 35.2 Å². The van der Waals surface area contributed by atoms with Crippen LogP contribution in [0.3, 0.4) is 0 Å². The predicted molar refractivity (Wildman–Crippen MR) is 184 cm³/mol. The van der Waals surface area contributed by atoms with Crippen LogP contribution in [0.2, 0.25) is 0 Å². The van der Waals surface area contributed by atoms with Gasteiger partial charge in [0.15, 0.2) is 11.6 Å². The second-order valence-electron chi connectivity index (χ2n) is 13.7. The first-order valence-corrected chi connectivity index (χ1v) is 17.7. The van der Waals surface area contributed by atoms with Crippen molar-refractivity contribution in [3.05, 3.63) is 105 Å². The van der Waals surface area contributed by atoms with E-state index in [1.54, 1.807) is 18.2 Å². The first kappa shape index (κ1) is 30.3. The van der Waals surface area contributed by atoms with Gasteiger partial charge in [0.25, 0.3) is 11.8 Å². The largest absolute Gasteiger partial charge is 0.493 e. The lowest BCUT2D eigenvalue weighted by atomic mass is 9.71. The van der Waals surface area contributed by atoms with Crippen LogP contribution in [0.5, 0.6) is 5.75 Å². The van der Waals surface area contributed by atoms with Gasteiger partial charge in [-0.25, -0.2) is 28.6 Å². The average molecular weight is 706 g/mol. The van der Waals surface area contributed by atoms with Gasteiger partial charge in [-0.1, -0.05) is 18.2 Å². The zero-order valence-electron chi connectivity index (χ0n) is 27.3. The van der Waals surface area contributed by atoms with Crippen LogP contribution in [-0.2, 0) is 24.8 Å². The van der Waals surface area contributed by atoms with Crippen molar-refractivity contribution < 1.29 is 22.7 Å². The Hall–Kier alpha value is -5.50. The molecule has 1 saturated carbocycles. The molecule has 2 aliphatic carbocycles. The molecule has 2 aromatic carbocycles. The maximum atomic E-state index is 14.5. The number of ether oxygens (including phenoxy) is 1. The van der Waals surface area contributed by atoms with Crippen LogP contribution in [0, 0.1) is 17.6 Å². The standard InChI is InChI=1S/C37H29F2N7O4S/c1-49-30-21-8-11-24(20(21)7-9-23(30)39)43-32-22-12-26(51-34(22)41-16-40-32)28-27(33-44-45-36(48)50-33)25(10-4-17-2-5-19(38)6-3-17)42-31-29(28)35(47)46-15-18-13-37(31,46)14-18/h2-3,5-7,9,12,16,18,24H,4,8,10-11,13-15H2,1H3,(H,45,48)(H,40,41,43). The molecule has 7 heterocycles. The number of thiophene rings is 1. The predicted octanol–water partition coefficient (Wildman–Crippen LogP) is 6.34. The van der Waals surface area contributed by atoms with Gasteiger partial charge < -0.3 is 19.4 Å². The average Bonchev–Trinajstić information content (AvgIpc) is 3.96. The third kappa shape index (κ3) is 4.44. The molecule has 3 aliphatic heterocycles. The van der Waals surface area contributed by atoms with Crippen molar-refractivity contribution in [2.24, 2.45) is 5.92 Å². The van der Waals surface area contributed by atoms with E-state index in [4.69, 9.17) is 14.1 Å². The lowest BCUT2D eigenvalue weighted by molar-refractivity contribution is 0.0637. The minimum Gasteiger partial charge on any atom is -0.493 e. The maximum absolute atomic E-state index is 14.5. The molecule has 2 bridgehead atoms. The van der Waals surface area contributed by atoms with Crippen LogP contribution < -0.4 is 15.8 Å². The van der Waals surface area contributed by atoms with Gasteiger partial charge in [0, 0.05) is 22.5 Å². The summed E-state index contributed by atoms with van der Waals surface area (Å²) < 4.78 is 39.2. The van der Waals surface area contributed by atoms with Crippen LogP contribution in [0.1, 0.15) is 63.7 Å². The molecule has 256 valence electrons. The van der Waals surface area contributed by atoms with Crippen molar-refractivity contribution in [2.45, 2.75) is 50.1 Å². The van der Waals surface area contributed by atoms with Crippen LogP contribution in [0.25, 0.3) is 32.1 Å². The van der Waals surface area contributed by atoms with Gasteiger partial charge in [-0.15, -0.1) is 16.4 Å². The summed E-state index contributed by atoms with van der Waals surface area (Å²) in [7, 11) is 1.48. The molecule has 1 spiro atoms. The molecule has 11 nitrogen and oxygen atoms in total. The number of aromatic nitrogens is 5. The number of aromatic amines is 1. The number of halogens is 2. The summed E-state index contributed by atoms with van der Waals surface area (Å²) in [4.78, 5) is 44.6. The van der Waals surface area contributed by atoms with Crippen LogP contribution in [-0.4, -0.2) is 49.6 Å². The molecule has 4 aromatic heterocycles. The summed E-state index contributed by atoms with van der Waals surface area (Å²) in [6.07, 6.45) is 5.55. The number of aryl methyl sites for hydroxylation is 2. The summed E-state index contributed by atoms with van der Waals surface area (Å²) in [6.45, 7) is 0.676. The Balaban J connectivity index is 1.14. The first-order valence-electron chi connectivity index (χ1n) is 16.9. The fourth-order valence-electron chi connectivity index (χ4n) is 8.77. The molecule has 1 atom stereocenters. The monoisotopic (exact) mass is 705 g/mol. The van der Waals surface area contributed by atoms with E-state index < -0.39 is 11.3 Å². The molecule has 2 N–H and O–H groups in total. The quantitative estimate of drug-likeness (QED) is 0.186. The Labute approximate surface area is 292 Å². The molecule has 14 heteroatoms. The van der Waals surface area contributed by atoms with E-state index in [9.17, 15) is 18.4 Å². The Morgan fingerprint density at radius 2 is 1.92 bits per heavy atom. The number of amides is 1. The Morgan fingerprint density at radius 3 is 2.71 bits per heavy atom. The molecule has 0 radical (unpaired) electrons. The molecule has 3 fully saturated rings. The van der Waals surface area contributed by atoms with E-state index in [1.807, 2.05) is 11.0 Å². The summed E-state index contributed by atoms with van der Waals surface area (Å²) in [5.41, 5.74) is 5.18. The van der Waals surface area contributed by atoms with E-state index >= 15 is 0 Å². The number of hydrogen-bond acceptors (Lipinski definition) is 10. The number of H-pyrrole nitrogens is 1. The molecule has 1 amide bonds. The maximum Gasteiger partial charge on any atom is 0.434 e. The molecule has 51 heavy (non-hydrogen) atoms. The number of carbonyl (C=O) groups is 1. The van der Waals surface area contributed by atoms with Crippen LogP contribution in [0.15, 0.2) is 58.0 Å². The van der Waals surface area contributed by atoms with Crippen LogP contribution in [0.4, 0.5) is 14.6 Å². The summed E-state index contributed by atoms with van der Waals surface area (Å²) in [6, 6.07) is 11.4. The number of hydrogen-bond donors (Lipinski definition) is 2. The number of rotatable bonds is 8. The molecule has 1 unspecified atom stereocenters. The van der Waals surface area contributed by atoms with Gasteiger partial charge in [0.1, 0.15) is 22.8 Å². The third-order valence-corrected chi connectivity index (χ3v) is 12.1. The second-order valence-corrected chi connectivity index (χ2v) is 14.8. The number of pyridine rings is 1. The van der Waals surface area contributed by atoms with Gasteiger partial charge in [0.2, 0.25) is 0 Å². The Morgan fingerprint density at radius 1 is 1.08 bits per heavy atom. The summed E-state index contributed by atoms with van der Waals surface area (Å²) >= 11 is 1.41. The van der Waals surface area contributed by atoms with Crippen molar-refractivity contribution in [1.82, 2.24) is 30.0 Å². The summed E-state index contributed by atoms with van der Waals surface area (Å²) in [5.74, 6) is -0.172. The second kappa shape index (κ2) is 11.0. The number of fused-ring (bicyclic) bond motifs is 3. The highest BCUT2D eigenvalue weighted by Gasteiger charge is 2.65. The highest BCUT2D eigenvalue weighted by molar-refractivity contribution is 7.22. The van der Waals surface area contributed by atoms with Crippen LogP contribution >= 0.6 is 11.3 Å². The molecular weight excluding hydrogens is 677 g/mol. The number of benzene rings is 2. The van der Waals surface area contributed by atoms with Crippen molar-refractivity contribution >= 4 is 33.3 Å². The minimum atomic E-state index is -0.727. The van der Waals surface area contributed by atoms with E-state index in [0.29, 0.717) is 64.8 Å². The molecule has 5 aliphatic rings. The first-order chi connectivity index (χ1) is 24.8. The Bertz CT molecular complexity index is 2490. The highest BCUT2D eigenvalue weighted by Crippen LogP contribution is 2.63. The number of nitrogens with one attached hydrogen (secondary N) is 2. The van der Waals surface area contributed by atoms with E-state index in [1.165, 1.54) is 43.0 Å². The summed E-state index contributed by atoms with van der Waals surface area (Å²) in [5, 5.41) is 10.9. The lowest BCUT2D eigenvalue weighted by Crippen LogP contribution is -2.40. The van der Waals surface area contributed by atoms with Gasteiger partial charge >= 0.3 is 5.76 Å². The molecule has 11 rings (SSSR count). The third-order valence-electron chi connectivity index (χ3n) is 11.0. The molecule has 2 saturated heterocycles. The van der Waals surface area contributed by atoms with E-state index in [2.05, 4.69) is 25.5 Å². The van der Waals surface area contributed by atoms with Gasteiger partial charge in [-0.05, 0) is 79.8 Å². The number of methoxy groups -OCH3 is 1. The fraction of sp³-hybridized carbons (Fsp3) is 0.297. The number of carbonyl (C=O) groups excluding carboxylic acids is 1. The van der Waals surface area contributed by atoms with Gasteiger partial charge in [-0.2, -0.15) is 0 Å². The zero-order chi connectivity index (χ0) is 34.6. The van der Waals surface area contributed by atoms with Crippen molar-refractivity contribution in [3.63, 3.8) is 0 Å². The normalized spacial score (nSPS) is 21.2. The number of nitrogens with zero attached hydrogens (tertiary/aromatic N) is 5. The SMILES string of the molecule is COc1c(F)ccc2c1CCC2Nc1ncnc2sc(-c3c4c(nc(CCc5ccc(F)cc5)c3-c3n[nH]c(=O)o3)C35CC(CN3C4=O)C5)cc12. The van der Waals surface area contributed by atoms with E-state index in [0.717, 1.165) is 51.9 Å². The molecular formula is C37H29F2N7O4S. The van der Waals surface area contributed by atoms with Crippen molar-refractivity contribution in [2.75, 3.05) is 19.0 Å². The fourth-order valence-corrected chi connectivity index (χ4v) is 9.83. The zero-order valence-corrected chi connectivity index (χ0v) is 28.1. The topological polar surface area (TPSA) is 139 Å². The molecule has 6 aromatic rings. The minimum absolute atomic E-state index is 0.0360. The smallest absolute Gasteiger partial charge is 0.434 e. The Kier molecular flexibility index (Phi) is 6.54. The van der Waals surface area contributed by atoms with Gasteiger partial charge in [0.05, 0.1) is 46.6 Å². The number of anilines is 1. The van der Waals surface area contributed by atoms with Crippen molar-refractivity contribution in [1.29, 1.82) is 0 Å².